The van der Waals surface area contributed by atoms with Crippen LogP contribution in [0.5, 0.6) is 0 Å². The normalized spacial score (nSPS) is 40.0. The fourth-order valence-corrected chi connectivity index (χ4v) is 10.3. The zero-order chi connectivity index (χ0) is 42.6. The summed E-state index contributed by atoms with van der Waals surface area (Å²) in [4.78, 5) is 68.1. The van der Waals surface area contributed by atoms with Gasteiger partial charge in [0, 0.05) is 41.1 Å². The summed E-state index contributed by atoms with van der Waals surface area (Å²) in [6.07, 6.45) is -3.13. The molecule has 4 N–H and O–H groups in total. The minimum Gasteiger partial charge on any atom is -0.481 e. The summed E-state index contributed by atoms with van der Waals surface area (Å²) in [5.74, 6) is -13.8. The molecule has 2 aliphatic carbocycles. The zero-order valence-corrected chi connectivity index (χ0v) is 33.9. The number of aliphatic hydroxyl groups is 3. The molecule has 16 nitrogen and oxygen atoms in total. The van der Waals surface area contributed by atoms with Crippen LogP contribution in [0.15, 0.2) is 46.8 Å². The summed E-state index contributed by atoms with van der Waals surface area (Å²) in [6, 6.07) is 1.60. The number of aliphatic carboxylic acids is 1. The Morgan fingerprint density at radius 1 is 1.07 bits per heavy atom. The van der Waals surface area contributed by atoms with E-state index in [2.05, 4.69) is 6.58 Å². The van der Waals surface area contributed by atoms with Crippen molar-refractivity contribution in [3.8, 4) is 0 Å². The van der Waals surface area contributed by atoms with Gasteiger partial charge in [-0.3, -0.25) is 14.4 Å². The standard InChI is InChI=1S/C41H56O16/c1-11-20(3)32(44)36(48)56-33-30(34(45)46)31(38(8)26(16-29(43)51-10)37(7)19-53-40(49,57-37)17-28(38)54-23(6)42)22(5)41(50)27(55-35(47)21(4)12-2)15-25(39(33,41)9)24-13-14-52-18-24/h12-14,18,20,25-28,30-33,44,49-50H,5,11,15-17,19H2,1-4,6-10H3,(H,45,46). The van der Waals surface area contributed by atoms with Crippen LogP contribution in [0.1, 0.15) is 92.6 Å². The molecular weight excluding hydrogens is 748 g/mol. The van der Waals surface area contributed by atoms with Gasteiger partial charge in [0.25, 0.3) is 5.97 Å². The molecule has 2 saturated carbocycles. The first-order valence-electron chi connectivity index (χ1n) is 19.2. The molecule has 0 radical (unpaired) electrons. The van der Waals surface area contributed by atoms with Gasteiger partial charge in [-0.15, -0.1) is 0 Å². The number of carboxylic acids is 1. The van der Waals surface area contributed by atoms with Gasteiger partial charge in [0.1, 0.15) is 29.8 Å². The van der Waals surface area contributed by atoms with E-state index in [1.54, 1.807) is 33.8 Å². The predicted molar refractivity (Wildman–Crippen MR) is 196 cm³/mol. The van der Waals surface area contributed by atoms with E-state index in [1.807, 2.05) is 0 Å². The number of ether oxygens (including phenoxy) is 6. The van der Waals surface area contributed by atoms with Crippen molar-refractivity contribution in [1.82, 2.24) is 0 Å². The first-order valence-corrected chi connectivity index (χ1v) is 19.2. The Balaban J connectivity index is 1.89. The molecule has 16 heteroatoms. The lowest BCUT2D eigenvalue weighted by molar-refractivity contribution is -0.328. The van der Waals surface area contributed by atoms with Crippen LogP contribution in [0.3, 0.4) is 0 Å². The number of aliphatic hydroxyl groups excluding tert-OH is 1. The number of hydrogen-bond donors (Lipinski definition) is 4. The Bertz CT molecular complexity index is 1790. The van der Waals surface area contributed by atoms with E-state index in [1.165, 1.54) is 39.4 Å². The van der Waals surface area contributed by atoms with Crippen LogP contribution in [-0.2, 0) is 52.4 Å². The SMILES string of the molecule is C=C1C(C2(C)C(OC(C)=O)CC3(O)OCC(C)(O3)C2CC(=O)OC)C(C(=O)O)C(OC(=O)C(O)C(C)CC)C2(C)C(c3ccoc3)CC(OC(=O)C(C)=CC)C12O. The molecule has 4 fully saturated rings. The number of carbonyl (C=O) groups excluding carboxylic acids is 4. The molecule has 4 aliphatic rings. The number of carbonyl (C=O) groups is 5. The van der Waals surface area contributed by atoms with Crippen LogP contribution in [0.25, 0.3) is 0 Å². The monoisotopic (exact) mass is 804 g/mol. The first kappa shape index (κ1) is 44.0. The van der Waals surface area contributed by atoms with E-state index < -0.39 is 125 Å². The van der Waals surface area contributed by atoms with Crippen LogP contribution < -0.4 is 0 Å². The predicted octanol–water partition coefficient (Wildman–Crippen LogP) is 3.56. The van der Waals surface area contributed by atoms with Gasteiger partial charge in [-0.25, -0.2) is 9.59 Å². The van der Waals surface area contributed by atoms with Crippen molar-refractivity contribution in [1.29, 1.82) is 0 Å². The maximum Gasteiger partial charge on any atom is 0.335 e. The van der Waals surface area contributed by atoms with E-state index in [-0.39, 0.29) is 24.2 Å². The van der Waals surface area contributed by atoms with E-state index in [0.29, 0.717) is 12.0 Å². The Morgan fingerprint density at radius 3 is 2.28 bits per heavy atom. The Kier molecular flexibility index (Phi) is 12.0. The average molecular weight is 805 g/mol. The van der Waals surface area contributed by atoms with Crippen molar-refractivity contribution in [2.24, 2.45) is 34.5 Å². The molecule has 2 aliphatic heterocycles. The molecule has 0 amide bonds. The third kappa shape index (κ3) is 7.00. The van der Waals surface area contributed by atoms with Crippen molar-refractivity contribution < 1.29 is 77.2 Å². The summed E-state index contributed by atoms with van der Waals surface area (Å²) in [6.45, 7) is 16.3. The molecule has 0 aromatic carbocycles. The van der Waals surface area contributed by atoms with Crippen LogP contribution in [0.2, 0.25) is 0 Å². The minimum atomic E-state index is -2.44. The molecule has 1 aromatic rings. The van der Waals surface area contributed by atoms with Crippen LogP contribution in [0, 0.1) is 34.5 Å². The molecule has 14 atom stereocenters. The molecule has 1 aromatic heterocycles. The Hall–Kier alpha value is -4.09. The summed E-state index contributed by atoms with van der Waals surface area (Å²) < 4.78 is 40.7. The highest BCUT2D eigenvalue weighted by Gasteiger charge is 2.79. The quantitative estimate of drug-likeness (QED) is 0.102. The van der Waals surface area contributed by atoms with Crippen molar-refractivity contribution >= 4 is 29.8 Å². The van der Waals surface area contributed by atoms with Gasteiger partial charge in [-0.2, -0.15) is 0 Å². The highest BCUT2D eigenvalue weighted by atomic mass is 16.9. The summed E-state index contributed by atoms with van der Waals surface area (Å²) in [5, 5.41) is 48.0. The highest BCUT2D eigenvalue weighted by Crippen LogP contribution is 2.71. The third-order valence-corrected chi connectivity index (χ3v) is 13.7. The van der Waals surface area contributed by atoms with Gasteiger partial charge >= 0.3 is 29.8 Å². The second-order valence-electron chi connectivity index (χ2n) is 16.7. The molecule has 14 unspecified atom stereocenters. The fourth-order valence-electron chi connectivity index (χ4n) is 10.3. The van der Waals surface area contributed by atoms with E-state index in [4.69, 9.17) is 32.8 Å². The third-order valence-electron chi connectivity index (χ3n) is 13.7. The van der Waals surface area contributed by atoms with Gasteiger partial charge < -0.3 is 53.3 Å². The van der Waals surface area contributed by atoms with Gasteiger partial charge in [0.15, 0.2) is 6.10 Å². The second kappa shape index (κ2) is 15.6. The van der Waals surface area contributed by atoms with Crippen molar-refractivity contribution in [2.45, 2.75) is 129 Å². The molecule has 5 rings (SSSR count). The number of allylic oxidation sites excluding steroid dienone is 1. The number of fused-ring (bicyclic) bond motifs is 3. The van der Waals surface area contributed by atoms with Crippen molar-refractivity contribution in [3.05, 3.63) is 48.0 Å². The maximum atomic E-state index is 14.2. The summed E-state index contributed by atoms with van der Waals surface area (Å²) in [7, 11) is 1.15. The number of rotatable bonds is 12. The van der Waals surface area contributed by atoms with Gasteiger partial charge in [-0.1, -0.05) is 46.8 Å². The summed E-state index contributed by atoms with van der Waals surface area (Å²) in [5.41, 5.74) is -7.32. The largest absolute Gasteiger partial charge is 0.481 e. The molecule has 2 saturated heterocycles. The fraction of sp³-hybridized carbons (Fsp3) is 0.683. The lowest BCUT2D eigenvalue weighted by atomic mass is 9.44. The number of furan rings is 1. The average Bonchev–Trinajstić information content (AvgIpc) is 3.84. The van der Waals surface area contributed by atoms with Crippen LogP contribution in [-0.4, -0.2) is 106 Å². The smallest absolute Gasteiger partial charge is 0.335 e. The minimum absolute atomic E-state index is 0.139. The summed E-state index contributed by atoms with van der Waals surface area (Å²) >= 11 is 0. The highest BCUT2D eigenvalue weighted by molar-refractivity contribution is 5.88. The lowest BCUT2D eigenvalue weighted by Gasteiger charge is -2.62. The van der Waals surface area contributed by atoms with Gasteiger partial charge in [-0.05, 0) is 50.3 Å². The Labute approximate surface area is 331 Å². The molecule has 3 heterocycles. The topological polar surface area (TPSA) is 235 Å². The zero-order valence-electron chi connectivity index (χ0n) is 33.9. The molecule has 316 valence electrons. The molecular formula is C41H56O16. The van der Waals surface area contributed by atoms with Crippen molar-refractivity contribution in [2.75, 3.05) is 13.7 Å². The number of carboxylic acid groups (broad SMARTS) is 1. The number of methoxy groups -OCH3 is 1. The molecule has 57 heavy (non-hydrogen) atoms. The van der Waals surface area contributed by atoms with E-state index in [0.717, 1.165) is 14.0 Å². The maximum absolute atomic E-state index is 14.2. The van der Waals surface area contributed by atoms with Crippen molar-refractivity contribution in [3.63, 3.8) is 0 Å². The number of esters is 4. The van der Waals surface area contributed by atoms with Gasteiger partial charge in [0.2, 0.25) is 0 Å². The Morgan fingerprint density at radius 2 is 1.74 bits per heavy atom. The lowest BCUT2D eigenvalue weighted by Crippen LogP contribution is -2.71. The number of hydrogen-bond acceptors (Lipinski definition) is 15. The van der Waals surface area contributed by atoms with E-state index >= 15 is 0 Å². The van der Waals surface area contributed by atoms with Gasteiger partial charge in [0.05, 0.1) is 44.7 Å². The van der Waals surface area contributed by atoms with Crippen LogP contribution >= 0.6 is 0 Å². The second-order valence-corrected chi connectivity index (χ2v) is 16.7. The molecule has 0 spiro atoms. The first-order chi connectivity index (χ1) is 26.5. The molecule has 2 bridgehead atoms. The van der Waals surface area contributed by atoms with E-state index in [9.17, 15) is 44.4 Å². The van der Waals surface area contributed by atoms with Crippen LogP contribution in [0.4, 0.5) is 0 Å².